The third-order valence-corrected chi connectivity index (χ3v) is 3.76. The molecule has 1 rings (SSSR count). The van der Waals surface area contributed by atoms with E-state index in [1.165, 1.54) is 24.8 Å². The molecule has 0 aromatic heterocycles. The number of benzene rings is 1. The number of ether oxygens (including phenoxy) is 1. The van der Waals surface area contributed by atoms with Gasteiger partial charge in [-0.15, -0.1) is 0 Å². The van der Waals surface area contributed by atoms with Crippen molar-refractivity contribution < 1.29 is 9.84 Å². The summed E-state index contributed by atoms with van der Waals surface area (Å²) in [7, 11) is 0. The van der Waals surface area contributed by atoms with Crippen LogP contribution in [0.25, 0.3) is 0 Å². The van der Waals surface area contributed by atoms with Gasteiger partial charge in [0.15, 0.2) is 0 Å². The Morgan fingerprint density at radius 3 is 2.57 bits per heavy atom. The van der Waals surface area contributed by atoms with E-state index >= 15 is 0 Å². The predicted octanol–water partition coefficient (Wildman–Crippen LogP) is 3.37. The quantitative estimate of drug-likeness (QED) is 0.621. The highest BCUT2D eigenvalue weighted by Gasteiger charge is 2.08. The largest absolute Gasteiger partial charge is 0.389 e. The van der Waals surface area contributed by atoms with E-state index in [9.17, 15) is 5.11 Å². The molecule has 0 saturated carbocycles. The van der Waals surface area contributed by atoms with Gasteiger partial charge in [0, 0.05) is 19.7 Å². The first-order valence-corrected chi connectivity index (χ1v) is 8.26. The first-order valence-electron chi connectivity index (χ1n) is 8.26. The van der Waals surface area contributed by atoms with E-state index < -0.39 is 6.10 Å². The van der Waals surface area contributed by atoms with Gasteiger partial charge in [0.2, 0.25) is 0 Å². The number of nitrogens with one attached hydrogen (secondary N) is 1. The second kappa shape index (κ2) is 11.7. The predicted molar refractivity (Wildman–Crippen MR) is 88.3 cm³/mol. The molecule has 3 nitrogen and oxygen atoms in total. The lowest BCUT2D eigenvalue weighted by molar-refractivity contribution is 0.0192. The number of hydrogen-bond donors (Lipinski definition) is 2. The third kappa shape index (κ3) is 8.86. The Bertz CT molecular complexity index is 342. The molecule has 0 aliphatic heterocycles. The molecule has 0 radical (unpaired) electrons. The smallest absolute Gasteiger partial charge is 0.0897 e. The van der Waals surface area contributed by atoms with Crippen LogP contribution in [-0.2, 0) is 11.3 Å². The molecule has 0 unspecified atom stereocenters. The maximum Gasteiger partial charge on any atom is 0.0897 e. The van der Waals surface area contributed by atoms with Crippen molar-refractivity contribution in [2.24, 2.45) is 5.92 Å². The molecule has 0 amide bonds. The minimum absolute atomic E-state index is 0.421. The van der Waals surface area contributed by atoms with Gasteiger partial charge in [-0.3, -0.25) is 0 Å². The highest BCUT2D eigenvalue weighted by atomic mass is 16.5. The number of hydrogen-bond acceptors (Lipinski definition) is 3. The maximum atomic E-state index is 9.90. The molecule has 21 heavy (non-hydrogen) atoms. The Morgan fingerprint density at radius 1 is 1.14 bits per heavy atom. The molecular weight excluding hydrogens is 262 g/mol. The molecule has 0 saturated heterocycles. The molecule has 0 fully saturated rings. The van der Waals surface area contributed by atoms with E-state index in [4.69, 9.17) is 4.74 Å². The zero-order chi connectivity index (χ0) is 15.3. The van der Waals surface area contributed by atoms with Gasteiger partial charge < -0.3 is 15.2 Å². The van der Waals surface area contributed by atoms with Crippen LogP contribution in [0.2, 0.25) is 0 Å². The van der Waals surface area contributed by atoms with Gasteiger partial charge in [-0.2, -0.15) is 0 Å². The lowest BCUT2D eigenvalue weighted by Crippen LogP contribution is -2.30. The number of aliphatic hydroxyl groups excluding tert-OH is 1. The van der Waals surface area contributed by atoms with Gasteiger partial charge in [-0.25, -0.2) is 0 Å². The van der Waals surface area contributed by atoms with Gasteiger partial charge in [0.1, 0.15) is 0 Å². The monoisotopic (exact) mass is 293 g/mol. The number of aliphatic hydroxyl groups is 1. The van der Waals surface area contributed by atoms with Crippen LogP contribution in [0.1, 0.15) is 45.1 Å². The first kappa shape index (κ1) is 18.1. The second-order valence-electron chi connectivity index (χ2n) is 5.72. The zero-order valence-corrected chi connectivity index (χ0v) is 13.6. The summed E-state index contributed by atoms with van der Waals surface area (Å²) in [6, 6.07) is 10.2. The van der Waals surface area contributed by atoms with Crippen LogP contribution < -0.4 is 5.32 Å². The molecule has 0 heterocycles. The SMILES string of the molecule is CCCC[C@H](CC)COC[C@H](O)CNCc1ccccc1. The molecule has 1 aromatic rings. The van der Waals surface area contributed by atoms with Crippen LogP contribution >= 0.6 is 0 Å². The van der Waals surface area contributed by atoms with E-state index in [0.29, 0.717) is 19.1 Å². The Balaban J connectivity index is 2.06. The minimum Gasteiger partial charge on any atom is -0.389 e. The van der Waals surface area contributed by atoms with Gasteiger partial charge in [0.05, 0.1) is 12.7 Å². The van der Waals surface area contributed by atoms with Crippen molar-refractivity contribution in [3.8, 4) is 0 Å². The Labute approximate surface area is 129 Å². The molecule has 120 valence electrons. The summed E-state index contributed by atoms with van der Waals surface area (Å²) in [5.41, 5.74) is 1.23. The van der Waals surface area contributed by atoms with Crippen LogP contribution in [0, 0.1) is 5.92 Å². The van der Waals surface area contributed by atoms with E-state index in [-0.39, 0.29) is 0 Å². The summed E-state index contributed by atoms with van der Waals surface area (Å²) < 4.78 is 5.66. The summed E-state index contributed by atoms with van der Waals surface area (Å²) in [5.74, 6) is 0.634. The standard InChI is InChI=1S/C18H31NO2/c1-3-5-9-16(4-2)14-21-15-18(20)13-19-12-17-10-7-6-8-11-17/h6-8,10-11,16,18-20H,3-5,9,12-15H2,1-2H3/t16-,18+/m0/s1. The van der Waals surface area contributed by atoms with Crippen molar-refractivity contribution in [3.05, 3.63) is 35.9 Å². The van der Waals surface area contributed by atoms with Crippen molar-refractivity contribution in [1.82, 2.24) is 5.32 Å². The lowest BCUT2D eigenvalue weighted by atomic mass is 10.0. The molecule has 0 spiro atoms. The van der Waals surface area contributed by atoms with Crippen molar-refractivity contribution in [2.75, 3.05) is 19.8 Å². The van der Waals surface area contributed by atoms with E-state index in [1.807, 2.05) is 18.2 Å². The van der Waals surface area contributed by atoms with Crippen molar-refractivity contribution >= 4 is 0 Å². The Hall–Kier alpha value is -0.900. The minimum atomic E-state index is -0.433. The fourth-order valence-electron chi connectivity index (χ4n) is 2.31. The van der Waals surface area contributed by atoms with Crippen molar-refractivity contribution in [1.29, 1.82) is 0 Å². The highest BCUT2D eigenvalue weighted by molar-refractivity contribution is 5.14. The summed E-state index contributed by atoms with van der Waals surface area (Å²) in [5, 5.41) is 13.2. The van der Waals surface area contributed by atoms with Crippen LogP contribution in [0.3, 0.4) is 0 Å². The van der Waals surface area contributed by atoms with Crippen LogP contribution in [0.4, 0.5) is 0 Å². The Morgan fingerprint density at radius 2 is 1.90 bits per heavy atom. The van der Waals surface area contributed by atoms with Gasteiger partial charge in [0.25, 0.3) is 0 Å². The number of rotatable bonds is 12. The summed E-state index contributed by atoms with van der Waals surface area (Å²) >= 11 is 0. The summed E-state index contributed by atoms with van der Waals surface area (Å²) in [4.78, 5) is 0. The first-order chi connectivity index (χ1) is 10.3. The van der Waals surface area contributed by atoms with Gasteiger partial charge in [-0.05, 0) is 17.9 Å². The van der Waals surface area contributed by atoms with Gasteiger partial charge in [-0.1, -0.05) is 63.4 Å². The lowest BCUT2D eigenvalue weighted by Gasteiger charge is -2.17. The molecule has 0 aliphatic rings. The third-order valence-electron chi connectivity index (χ3n) is 3.76. The summed E-state index contributed by atoms with van der Waals surface area (Å²) in [6.07, 6.45) is 4.46. The average Bonchev–Trinajstić information content (AvgIpc) is 2.51. The summed E-state index contributed by atoms with van der Waals surface area (Å²) in [6.45, 7) is 6.97. The fourth-order valence-corrected chi connectivity index (χ4v) is 2.31. The van der Waals surface area contributed by atoms with Crippen LogP contribution in [-0.4, -0.2) is 31.0 Å². The van der Waals surface area contributed by atoms with E-state index in [0.717, 1.165) is 19.6 Å². The molecule has 3 heteroatoms. The topological polar surface area (TPSA) is 41.5 Å². The normalized spacial score (nSPS) is 14.0. The van der Waals surface area contributed by atoms with Crippen LogP contribution in [0.5, 0.6) is 0 Å². The van der Waals surface area contributed by atoms with Crippen molar-refractivity contribution in [3.63, 3.8) is 0 Å². The van der Waals surface area contributed by atoms with Crippen LogP contribution in [0.15, 0.2) is 30.3 Å². The molecule has 1 aromatic carbocycles. The maximum absolute atomic E-state index is 9.90. The van der Waals surface area contributed by atoms with E-state index in [1.54, 1.807) is 0 Å². The zero-order valence-electron chi connectivity index (χ0n) is 13.6. The molecule has 0 aliphatic carbocycles. The molecule has 2 N–H and O–H groups in total. The van der Waals surface area contributed by atoms with E-state index in [2.05, 4.69) is 31.3 Å². The van der Waals surface area contributed by atoms with Crippen molar-refractivity contribution in [2.45, 2.75) is 52.2 Å². The molecular formula is C18H31NO2. The van der Waals surface area contributed by atoms with Gasteiger partial charge >= 0.3 is 0 Å². The number of unbranched alkanes of at least 4 members (excludes halogenated alkanes) is 1. The second-order valence-corrected chi connectivity index (χ2v) is 5.72. The molecule has 0 bridgehead atoms. The highest BCUT2D eigenvalue weighted by Crippen LogP contribution is 2.12. The molecule has 2 atom stereocenters. The Kier molecular flexibility index (Phi) is 10.1. The average molecular weight is 293 g/mol. The fraction of sp³-hybridized carbons (Fsp3) is 0.667.